The van der Waals surface area contributed by atoms with Gasteiger partial charge in [-0.1, -0.05) is 25.1 Å². The van der Waals surface area contributed by atoms with Crippen LogP contribution >= 0.6 is 0 Å². The van der Waals surface area contributed by atoms with Crippen molar-refractivity contribution in [3.8, 4) is 5.75 Å². The molecular weight excluding hydrogens is 262 g/mol. The van der Waals surface area contributed by atoms with Crippen LogP contribution in [-0.4, -0.2) is 17.6 Å². The minimum atomic E-state index is -0.115. The van der Waals surface area contributed by atoms with E-state index in [9.17, 15) is 4.79 Å². The average Bonchev–Trinajstić information content (AvgIpc) is 2.39. The van der Waals surface area contributed by atoms with Crippen molar-refractivity contribution in [1.82, 2.24) is 5.32 Å². The van der Waals surface area contributed by atoms with Gasteiger partial charge in [-0.25, -0.2) is 0 Å². The van der Waals surface area contributed by atoms with Gasteiger partial charge >= 0.3 is 0 Å². The molecule has 1 aromatic rings. The van der Waals surface area contributed by atoms with Crippen LogP contribution in [0.4, 0.5) is 0 Å². The first kappa shape index (κ1) is 17.5. The molecule has 0 aliphatic heterocycles. The van der Waals surface area contributed by atoms with Crippen molar-refractivity contribution in [2.24, 2.45) is 0 Å². The number of rotatable bonds is 8. The molecule has 0 fully saturated rings. The summed E-state index contributed by atoms with van der Waals surface area (Å²) in [5.74, 6) is 1.06. The van der Waals surface area contributed by atoms with Gasteiger partial charge in [0.1, 0.15) is 5.75 Å². The number of hydrogen-bond donors (Lipinski definition) is 1. The Morgan fingerprint density at radius 3 is 2.57 bits per heavy atom. The lowest BCUT2D eigenvalue weighted by molar-refractivity contribution is -0.122. The average molecular weight is 291 g/mol. The lowest BCUT2D eigenvalue weighted by atomic mass is 10.0. The highest BCUT2D eigenvalue weighted by molar-refractivity contribution is 5.76. The Kier molecular flexibility index (Phi) is 6.73. The summed E-state index contributed by atoms with van der Waals surface area (Å²) < 4.78 is 5.80. The molecule has 0 aliphatic rings. The first-order valence-corrected chi connectivity index (χ1v) is 7.89. The summed E-state index contributed by atoms with van der Waals surface area (Å²) in [5, 5.41) is 3.07. The molecule has 21 heavy (non-hydrogen) atoms. The van der Waals surface area contributed by atoms with Crippen molar-refractivity contribution < 1.29 is 9.53 Å². The Hall–Kier alpha value is -1.51. The first-order chi connectivity index (χ1) is 9.84. The van der Waals surface area contributed by atoms with Crippen molar-refractivity contribution in [3.05, 3.63) is 29.8 Å². The number of carbonyl (C=O) groups excluding carboxylic acids is 1. The third kappa shape index (κ3) is 6.65. The van der Waals surface area contributed by atoms with Crippen LogP contribution in [0.1, 0.15) is 59.4 Å². The van der Waals surface area contributed by atoms with E-state index in [4.69, 9.17) is 4.74 Å². The van der Waals surface area contributed by atoms with Crippen LogP contribution in [0.3, 0.4) is 0 Å². The molecule has 1 rings (SSSR count). The third-order valence-electron chi connectivity index (χ3n) is 3.55. The molecule has 0 heterocycles. The molecular formula is C18H29NO2. The zero-order valence-electron chi connectivity index (χ0n) is 14.0. The fraction of sp³-hybridized carbons (Fsp3) is 0.611. The van der Waals surface area contributed by atoms with Gasteiger partial charge in [0.05, 0.1) is 6.10 Å². The molecule has 0 saturated heterocycles. The highest BCUT2D eigenvalue weighted by Crippen LogP contribution is 2.21. The molecule has 118 valence electrons. The monoisotopic (exact) mass is 291 g/mol. The van der Waals surface area contributed by atoms with Gasteiger partial charge in [0, 0.05) is 12.0 Å². The van der Waals surface area contributed by atoms with Crippen LogP contribution in [0.25, 0.3) is 0 Å². The summed E-state index contributed by atoms with van der Waals surface area (Å²) in [6.45, 7) is 10.2. The van der Waals surface area contributed by atoms with Crippen LogP contribution < -0.4 is 10.1 Å². The van der Waals surface area contributed by atoms with E-state index in [-0.39, 0.29) is 17.6 Å². The number of carbonyl (C=O) groups is 1. The fourth-order valence-electron chi connectivity index (χ4n) is 2.05. The lowest BCUT2D eigenvalue weighted by Gasteiger charge is -2.24. The molecule has 1 aromatic carbocycles. The molecule has 1 N–H and O–H groups in total. The highest BCUT2D eigenvalue weighted by Gasteiger charge is 2.17. The SMILES string of the molecule is CCC(C)(C)NC(=O)CCCc1ccccc1OC(C)C. The summed E-state index contributed by atoms with van der Waals surface area (Å²) in [5.41, 5.74) is 1.06. The Bertz CT molecular complexity index is 452. The van der Waals surface area contributed by atoms with Crippen LogP contribution in [0.15, 0.2) is 24.3 Å². The molecule has 0 aliphatic carbocycles. The van der Waals surface area contributed by atoms with E-state index < -0.39 is 0 Å². The molecule has 0 atom stereocenters. The molecule has 0 radical (unpaired) electrons. The second-order valence-electron chi connectivity index (χ2n) is 6.41. The Morgan fingerprint density at radius 2 is 1.95 bits per heavy atom. The molecule has 0 aromatic heterocycles. The van der Waals surface area contributed by atoms with Gasteiger partial charge in [0.2, 0.25) is 5.91 Å². The normalized spacial score (nSPS) is 11.5. The quantitative estimate of drug-likeness (QED) is 0.783. The molecule has 0 unspecified atom stereocenters. The maximum atomic E-state index is 11.9. The van der Waals surface area contributed by atoms with Crippen molar-refractivity contribution in [3.63, 3.8) is 0 Å². The Balaban J connectivity index is 2.47. The maximum absolute atomic E-state index is 11.9. The summed E-state index contributed by atoms with van der Waals surface area (Å²) in [4.78, 5) is 11.9. The zero-order chi connectivity index (χ0) is 15.9. The van der Waals surface area contributed by atoms with Crippen LogP contribution in [0.2, 0.25) is 0 Å². The smallest absolute Gasteiger partial charge is 0.220 e. The number of amides is 1. The second kappa shape index (κ2) is 8.06. The summed E-state index contributed by atoms with van der Waals surface area (Å²) in [7, 11) is 0. The van der Waals surface area contributed by atoms with E-state index in [0.29, 0.717) is 6.42 Å². The Morgan fingerprint density at radius 1 is 1.29 bits per heavy atom. The molecule has 3 heteroatoms. The minimum Gasteiger partial charge on any atom is -0.491 e. The molecule has 0 saturated carbocycles. The minimum absolute atomic E-state index is 0.115. The van der Waals surface area contributed by atoms with Crippen molar-refractivity contribution in [1.29, 1.82) is 0 Å². The van der Waals surface area contributed by atoms with Crippen molar-refractivity contribution in [2.45, 2.75) is 71.9 Å². The number of aryl methyl sites for hydroxylation is 1. The molecule has 3 nitrogen and oxygen atoms in total. The maximum Gasteiger partial charge on any atom is 0.220 e. The predicted octanol–water partition coefficient (Wildman–Crippen LogP) is 4.10. The largest absolute Gasteiger partial charge is 0.491 e. The molecule has 0 bridgehead atoms. The van der Waals surface area contributed by atoms with Crippen molar-refractivity contribution in [2.75, 3.05) is 0 Å². The standard InChI is InChI=1S/C18H29NO2/c1-6-18(4,5)19-17(20)13-9-11-15-10-7-8-12-16(15)21-14(2)3/h7-8,10,12,14H,6,9,11,13H2,1-5H3,(H,19,20). The lowest BCUT2D eigenvalue weighted by Crippen LogP contribution is -2.42. The van der Waals surface area contributed by atoms with Gasteiger partial charge in [-0.2, -0.15) is 0 Å². The summed E-state index contributed by atoms with van der Waals surface area (Å²) in [6.07, 6.45) is 3.36. The highest BCUT2D eigenvalue weighted by atomic mass is 16.5. The summed E-state index contributed by atoms with van der Waals surface area (Å²) >= 11 is 0. The van der Waals surface area contributed by atoms with Gasteiger partial charge in [0.25, 0.3) is 0 Å². The van der Waals surface area contributed by atoms with E-state index in [1.54, 1.807) is 0 Å². The number of benzene rings is 1. The van der Waals surface area contributed by atoms with Gasteiger partial charge in [-0.05, 0) is 58.6 Å². The zero-order valence-corrected chi connectivity index (χ0v) is 14.0. The Labute approximate surface area is 129 Å². The number of para-hydroxylation sites is 1. The van der Waals surface area contributed by atoms with Gasteiger partial charge in [-0.3, -0.25) is 4.79 Å². The van der Waals surface area contributed by atoms with Gasteiger partial charge in [-0.15, -0.1) is 0 Å². The topological polar surface area (TPSA) is 38.3 Å². The number of ether oxygens (including phenoxy) is 1. The second-order valence-corrected chi connectivity index (χ2v) is 6.41. The third-order valence-corrected chi connectivity index (χ3v) is 3.55. The first-order valence-electron chi connectivity index (χ1n) is 7.89. The number of nitrogens with one attached hydrogen (secondary N) is 1. The van der Waals surface area contributed by atoms with Gasteiger partial charge in [0.15, 0.2) is 0 Å². The van der Waals surface area contributed by atoms with E-state index >= 15 is 0 Å². The van der Waals surface area contributed by atoms with Crippen molar-refractivity contribution >= 4 is 5.91 Å². The summed E-state index contributed by atoms with van der Waals surface area (Å²) in [6, 6.07) is 8.07. The fourth-order valence-corrected chi connectivity index (χ4v) is 2.05. The predicted molar refractivity (Wildman–Crippen MR) is 87.7 cm³/mol. The van der Waals surface area contributed by atoms with Gasteiger partial charge < -0.3 is 10.1 Å². The van der Waals surface area contributed by atoms with E-state index in [0.717, 1.165) is 25.0 Å². The number of hydrogen-bond acceptors (Lipinski definition) is 2. The van der Waals surface area contributed by atoms with Crippen LogP contribution in [0, 0.1) is 0 Å². The van der Waals surface area contributed by atoms with E-state index in [1.165, 1.54) is 5.56 Å². The van der Waals surface area contributed by atoms with E-state index in [1.807, 2.05) is 32.0 Å². The molecule has 1 amide bonds. The van der Waals surface area contributed by atoms with Crippen LogP contribution in [-0.2, 0) is 11.2 Å². The van der Waals surface area contributed by atoms with E-state index in [2.05, 4.69) is 32.2 Å². The van der Waals surface area contributed by atoms with Crippen LogP contribution in [0.5, 0.6) is 5.75 Å². The molecule has 0 spiro atoms.